The van der Waals surface area contributed by atoms with Crippen molar-refractivity contribution in [3.05, 3.63) is 62.4 Å². The van der Waals surface area contributed by atoms with Gasteiger partial charge < -0.3 is 18.9 Å². The zero-order chi connectivity index (χ0) is 24.3. The first-order valence-corrected chi connectivity index (χ1v) is 10.1. The van der Waals surface area contributed by atoms with Gasteiger partial charge in [-0.2, -0.15) is 4.57 Å². The lowest BCUT2D eigenvalue weighted by molar-refractivity contribution is -0.155. The van der Waals surface area contributed by atoms with Gasteiger partial charge in [0.1, 0.15) is 30.8 Å². The van der Waals surface area contributed by atoms with Crippen LogP contribution in [0.1, 0.15) is 42.4 Å². The molecule has 0 bridgehead atoms. The predicted molar refractivity (Wildman–Crippen MR) is 113 cm³/mol. The fourth-order valence-electron chi connectivity index (χ4n) is 3.50. The van der Waals surface area contributed by atoms with Crippen LogP contribution in [-0.4, -0.2) is 52.9 Å². The van der Waals surface area contributed by atoms with Gasteiger partial charge >= 0.3 is 17.6 Å². The number of aryl methyl sites for hydroxylation is 1. The Morgan fingerprint density at radius 3 is 2.33 bits per heavy atom. The summed E-state index contributed by atoms with van der Waals surface area (Å²) in [7, 11) is 1.47. The zero-order valence-electron chi connectivity index (χ0n) is 18.6. The first-order chi connectivity index (χ1) is 15.6. The van der Waals surface area contributed by atoms with Gasteiger partial charge in [-0.3, -0.25) is 23.7 Å². The van der Waals surface area contributed by atoms with Gasteiger partial charge in [-0.25, -0.2) is 4.79 Å². The van der Waals surface area contributed by atoms with E-state index < -0.39 is 47.5 Å². The van der Waals surface area contributed by atoms with Gasteiger partial charge in [-0.05, 0) is 31.2 Å². The van der Waals surface area contributed by atoms with Crippen LogP contribution in [0.15, 0.2) is 40.1 Å². The summed E-state index contributed by atoms with van der Waals surface area (Å²) < 4.78 is 22.7. The van der Waals surface area contributed by atoms with Crippen molar-refractivity contribution in [2.24, 2.45) is 0 Å². The zero-order valence-corrected chi connectivity index (χ0v) is 18.6. The van der Waals surface area contributed by atoms with Crippen LogP contribution < -0.4 is 16.0 Å². The second-order valence-corrected chi connectivity index (χ2v) is 7.49. The van der Waals surface area contributed by atoms with Gasteiger partial charge in [0.05, 0.1) is 7.11 Å². The topological polar surface area (TPSA) is 132 Å². The third kappa shape index (κ3) is 5.20. The number of carbonyl (C=O) groups is 3. The molecule has 11 heteroatoms. The minimum atomic E-state index is -0.961. The standard InChI is InChI=1S/C22H24N2O9/c1-12-10-23(19-9-17(32-14(3)26)18(33-19)11-31-13(2)25)22(29)24(20(12)27)21(28)15-5-7-16(30-4)8-6-15/h5-8,10,17-19H,9,11H2,1-4H3/t17-,18+,19+/m1/s1. The highest BCUT2D eigenvalue weighted by atomic mass is 16.6. The summed E-state index contributed by atoms with van der Waals surface area (Å²) in [5, 5.41) is 0. The largest absolute Gasteiger partial charge is 0.497 e. The van der Waals surface area contributed by atoms with Gasteiger partial charge in [-0.1, -0.05) is 0 Å². The van der Waals surface area contributed by atoms with E-state index in [1.165, 1.54) is 58.3 Å². The van der Waals surface area contributed by atoms with Crippen molar-refractivity contribution in [2.75, 3.05) is 13.7 Å². The maximum Gasteiger partial charge on any atom is 0.340 e. The molecule has 1 aliphatic rings. The van der Waals surface area contributed by atoms with Crippen molar-refractivity contribution in [3.63, 3.8) is 0 Å². The molecule has 1 aromatic carbocycles. The number of esters is 2. The number of ether oxygens (including phenoxy) is 4. The average Bonchev–Trinajstić information content (AvgIpc) is 3.16. The van der Waals surface area contributed by atoms with Crippen LogP contribution in [0.25, 0.3) is 0 Å². The number of rotatable bonds is 6. The van der Waals surface area contributed by atoms with E-state index in [1.807, 2.05) is 0 Å². The van der Waals surface area contributed by atoms with E-state index >= 15 is 0 Å². The van der Waals surface area contributed by atoms with Crippen LogP contribution in [0, 0.1) is 6.92 Å². The van der Waals surface area contributed by atoms with Crippen LogP contribution in [0.2, 0.25) is 0 Å². The highest BCUT2D eigenvalue weighted by Gasteiger charge is 2.40. The molecule has 0 amide bonds. The molecule has 33 heavy (non-hydrogen) atoms. The van der Waals surface area contributed by atoms with E-state index in [0.29, 0.717) is 10.3 Å². The highest BCUT2D eigenvalue weighted by molar-refractivity contribution is 5.95. The van der Waals surface area contributed by atoms with Crippen molar-refractivity contribution >= 4 is 17.8 Å². The summed E-state index contributed by atoms with van der Waals surface area (Å²) in [5.74, 6) is -1.41. The first kappa shape index (κ1) is 23.9. The lowest BCUT2D eigenvalue weighted by Crippen LogP contribution is -2.45. The lowest BCUT2D eigenvalue weighted by Gasteiger charge is -2.18. The van der Waals surface area contributed by atoms with E-state index in [9.17, 15) is 24.0 Å². The summed E-state index contributed by atoms with van der Waals surface area (Å²) >= 11 is 0. The lowest BCUT2D eigenvalue weighted by atomic mass is 10.2. The highest BCUT2D eigenvalue weighted by Crippen LogP contribution is 2.30. The Kier molecular flexibility index (Phi) is 7.12. The Labute approximate surface area is 188 Å². The van der Waals surface area contributed by atoms with Crippen molar-refractivity contribution in [1.29, 1.82) is 0 Å². The number of aromatic nitrogens is 2. The van der Waals surface area contributed by atoms with E-state index in [2.05, 4.69) is 0 Å². The van der Waals surface area contributed by atoms with Crippen molar-refractivity contribution < 1.29 is 33.3 Å². The second kappa shape index (κ2) is 9.82. The Balaban J connectivity index is 1.98. The molecule has 2 aromatic rings. The molecule has 0 spiro atoms. The summed E-state index contributed by atoms with van der Waals surface area (Å²) in [6.45, 7) is 3.72. The summed E-state index contributed by atoms with van der Waals surface area (Å²) in [6.07, 6.45) is -1.24. The average molecular weight is 460 g/mol. The summed E-state index contributed by atoms with van der Waals surface area (Å²) in [5.41, 5.74) is -1.42. The van der Waals surface area contributed by atoms with E-state index in [0.717, 1.165) is 4.57 Å². The molecule has 0 radical (unpaired) electrons. The molecule has 0 N–H and O–H groups in total. The van der Waals surface area contributed by atoms with Crippen LogP contribution >= 0.6 is 0 Å². The number of methoxy groups -OCH3 is 1. The second-order valence-electron chi connectivity index (χ2n) is 7.49. The van der Waals surface area contributed by atoms with E-state index in [1.54, 1.807) is 0 Å². The molecule has 1 saturated heterocycles. The Hall–Kier alpha value is -3.73. The molecule has 2 heterocycles. The SMILES string of the molecule is COc1ccc(C(=O)n2c(=O)c(C)cn([C@@H]3C[C@@H](OC(C)=O)[C@H](COC(C)=O)O3)c2=O)cc1. The summed E-state index contributed by atoms with van der Waals surface area (Å²) in [6, 6.07) is 5.96. The number of hydrogen-bond acceptors (Lipinski definition) is 9. The molecule has 11 nitrogen and oxygen atoms in total. The maximum atomic E-state index is 13.2. The Bertz CT molecular complexity index is 1180. The monoisotopic (exact) mass is 460 g/mol. The number of carbonyl (C=O) groups excluding carboxylic acids is 3. The smallest absolute Gasteiger partial charge is 0.340 e. The third-order valence-corrected chi connectivity index (χ3v) is 5.08. The quantitative estimate of drug-likeness (QED) is 0.574. The molecule has 0 saturated carbocycles. The van der Waals surface area contributed by atoms with Crippen LogP contribution in [0.3, 0.4) is 0 Å². The minimum Gasteiger partial charge on any atom is -0.497 e. The van der Waals surface area contributed by atoms with Crippen molar-refractivity contribution in [2.45, 2.75) is 45.6 Å². The Morgan fingerprint density at radius 1 is 1.09 bits per heavy atom. The van der Waals surface area contributed by atoms with Crippen molar-refractivity contribution in [1.82, 2.24) is 9.13 Å². The fraction of sp³-hybridized carbons (Fsp3) is 0.409. The molecule has 0 unspecified atom stereocenters. The maximum absolute atomic E-state index is 13.2. The van der Waals surface area contributed by atoms with Gasteiger partial charge in [0.25, 0.3) is 11.5 Å². The van der Waals surface area contributed by atoms with Crippen LogP contribution in [0.4, 0.5) is 0 Å². The third-order valence-electron chi connectivity index (χ3n) is 5.08. The normalized spacial score (nSPS) is 19.7. The van der Waals surface area contributed by atoms with Gasteiger partial charge in [0.2, 0.25) is 0 Å². The van der Waals surface area contributed by atoms with E-state index in [-0.39, 0.29) is 24.2 Å². The number of benzene rings is 1. The van der Waals surface area contributed by atoms with Crippen molar-refractivity contribution in [3.8, 4) is 5.75 Å². The number of hydrogen-bond donors (Lipinski definition) is 0. The van der Waals surface area contributed by atoms with Gasteiger partial charge in [0, 0.05) is 37.6 Å². The molecule has 3 atom stereocenters. The molecular weight excluding hydrogens is 436 g/mol. The summed E-state index contributed by atoms with van der Waals surface area (Å²) in [4.78, 5) is 61.5. The van der Waals surface area contributed by atoms with Gasteiger partial charge in [-0.15, -0.1) is 0 Å². The molecule has 1 fully saturated rings. The van der Waals surface area contributed by atoms with Crippen LogP contribution in [-0.2, 0) is 23.8 Å². The predicted octanol–water partition coefficient (Wildman–Crippen LogP) is 0.798. The molecule has 3 rings (SSSR count). The fourth-order valence-corrected chi connectivity index (χ4v) is 3.50. The minimum absolute atomic E-state index is 0.0553. The number of nitrogens with zero attached hydrogens (tertiary/aromatic N) is 2. The molecule has 1 aliphatic heterocycles. The molecule has 1 aromatic heterocycles. The van der Waals surface area contributed by atoms with Gasteiger partial charge in [0.15, 0.2) is 0 Å². The van der Waals surface area contributed by atoms with E-state index in [4.69, 9.17) is 18.9 Å². The molecular formula is C22H24N2O9. The molecule has 0 aliphatic carbocycles. The Morgan fingerprint density at radius 2 is 1.76 bits per heavy atom. The van der Waals surface area contributed by atoms with Crippen LogP contribution in [0.5, 0.6) is 5.75 Å². The first-order valence-electron chi connectivity index (χ1n) is 10.1. The molecule has 176 valence electrons.